The maximum Gasteiger partial charge on any atom is 0.198 e. The van der Waals surface area contributed by atoms with Crippen molar-refractivity contribution < 1.29 is 23.4 Å². The number of anilines is 1. The Bertz CT molecular complexity index is 2090. The first-order valence-electron chi connectivity index (χ1n) is 14.9. The number of nitriles is 1. The average Bonchev–Trinajstić information content (AvgIpc) is 3.56. The molecule has 0 aliphatic carbocycles. The van der Waals surface area contributed by atoms with E-state index < -0.39 is 17.7 Å². The van der Waals surface area contributed by atoms with Crippen LogP contribution in [-0.2, 0) is 13.1 Å². The summed E-state index contributed by atoms with van der Waals surface area (Å²) >= 11 is 0. The molecule has 0 aliphatic heterocycles. The number of aliphatic hydroxyl groups is 1. The number of hydrogen-bond donors (Lipinski definition) is 1. The number of halogens is 2. The number of aliphatic hydroxyl groups excluding tert-OH is 1. The fraction of sp³-hybridized carbons (Fsp3) is 0.135. The molecule has 2 aromatic heterocycles. The summed E-state index contributed by atoms with van der Waals surface area (Å²) in [5.74, 6) is 0.219. The Hall–Kier alpha value is -6.12. The van der Waals surface area contributed by atoms with Gasteiger partial charge in [0.25, 0.3) is 0 Å². The van der Waals surface area contributed by atoms with Crippen LogP contribution in [0.25, 0.3) is 23.0 Å². The molecule has 4 aromatic carbocycles. The van der Waals surface area contributed by atoms with Crippen LogP contribution >= 0.6 is 0 Å². The number of methoxy groups -OCH3 is 2. The van der Waals surface area contributed by atoms with Crippen molar-refractivity contribution in [1.82, 2.24) is 19.6 Å². The SMILES string of the molecule is C=Cc1cccc(F)c1C(O)c1nc2c(N(Cc3ccc(OC)cc3)Cc3ccc(OC)cc3)nc(-c3cccc(C#N)c3F)cn2n1. The lowest BCUT2D eigenvalue weighted by atomic mass is 10.0. The van der Waals surface area contributed by atoms with Crippen molar-refractivity contribution in [2.75, 3.05) is 19.1 Å². The molecular weight excluding hydrogens is 614 g/mol. The van der Waals surface area contributed by atoms with Gasteiger partial charge in [-0.2, -0.15) is 5.26 Å². The summed E-state index contributed by atoms with van der Waals surface area (Å²) in [6.45, 7) is 4.41. The van der Waals surface area contributed by atoms with E-state index in [4.69, 9.17) is 14.5 Å². The van der Waals surface area contributed by atoms with E-state index in [9.17, 15) is 10.4 Å². The second-order valence-corrected chi connectivity index (χ2v) is 10.9. The molecule has 0 spiro atoms. The van der Waals surface area contributed by atoms with Gasteiger partial charge in [0, 0.05) is 24.2 Å². The normalized spacial score (nSPS) is 11.6. The third-order valence-electron chi connectivity index (χ3n) is 7.90. The largest absolute Gasteiger partial charge is 0.497 e. The Balaban J connectivity index is 1.56. The van der Waals surface area contributed by atoms with Gasteiger partial charge >= 0.3 is 0 Å². The van der Waals surface area contributed by atoms with Crippen LogP contribution < -0.4 is 14.4 Å². The number of hydrogen-bond acceptors (Lipinski definition) is 8. The van der Waals surface area contributed by atoms with Crippen LogP contribution in [-0.4, -0.2) is 38.9 Å². The average molecular weight is 645 g/mol. The minimum absolute atomic E-state index is 0.0285. The van der Waals surface area contributed by atoms with Crippen LogP contribution in [0.5, 0.6) is 11.5 Å². The van der Waals surface area contributed by atoms with Crippen LogP contribution in [0.1, 0.15) is 39.7 Å². The fourth-order valence-electron chi connectivity index (χ4n) is 5.42. The van der Waals surface area contributed by atoms with Crippen LogP contribution in [0, 0.1) is 23.0 Å². The van der Waals surface area contributed by atoms with Crippen molar-refractivity contribution >= 4 is 17.5 Å². The molecule has 0 fully saturated rings. The molecule has 0 amide bonds. The van der Waals surface area contributed by atoms with Crippen molar-refractivity contribution in [3.8, 4) is 28.8 Å². The van der Waals surface area contributed by atoms with Gasteiger partial charge in [0.05, 0.1) is 31.7 Å². The summed E-state index contributed by atoms with van der Waals surface area (Å²) in [4.78, 5) is 11.5. The maximum atomic E-state index is 15.6. The Morgan fingerprint density at radius 3 is 2.12 bits per heavy atom. The molecule has 2 heterocycles. The smallest absolute Gasteiger partial charge is 0.198 e. The molecule has 0 radical (unpaired) electrons. The monoisotopic (exact) mass is 644 g/mol. The van der Waals surface area contributed by atoms with E-state index in [0.29, 0.717) is 36.0 Å². The lowest BCUT2D eigenvalue weighted by Crippen LogP contribution is -2.24. The number of ether oxygens (including phenoxy) is 2. The van der Waals surface area contributed by atoms with Gasteiger partial charge in [-0.05, 0) is 59.2 Å². The molecule has 6 rings (SSSR count). The highest BCUT2D eigenvalue weighted by Gasteiger charge is 2.26. The van der Waals surface area contributed by atoms with Gasteiger partial charge in [-0.15, -0.1) is 5.10 Å². The van der Waals surface area contributed by atoms with E-state index in [2.05, 4.69) is 16.7 Å². The van der Waals surface area contributed by atoms with Gasteiger partial charge < -0.3 is 19.5 Å². The third-order valence-corrected chi connectivity index (χ3v) is 7.90. The minimum Gasteiger partial charge on any atom is -0.497 e. The number of benzene rings is 4. The quantitative estimate of drug-likeness (QED) is 0.163. The molecule has 240 valence electrons. The predicted molar refractivity (Wildman–Crippen MR) is 177 cm³/mol. The Labute approximate surface area is 275 Å². The zero-order valence-corrected chi connectivity index (χ0v) is 26.1. The van der Waals surface area contributed by atoms with Gasteiger partial charge in [0.15, 0.2) is 17.3 Å². The molecule has 0 aliphatic rings. The molecule has 1 atom stereocenters. The molecule has 1 unspecified atom stereocenters. The lowest BCUT2D eigenvalue weighted by Gasteiger charge is -2.25. The van der Waals surface area contributed by atoms with E-state index in [1.165, 1.54) is 41.1 Å². The number of rotatable bonds is 11. The molecule has 9 nitrogen and oxygen atoms in total. The van der Waals surface area contributed by atoms with Crippen molar-refractivity contribution in [2.24, 2.45) is 0 Å². The highest BCUT2D eigenvalue weighted by atomic mass is 19.1. The van der Waals surface area contributed by atoms with Crippen LogP contribution in [0.2, 0.25) is 0 Å². The topological polar surface area (TPSA) is 109 Å². The summed E-state index contributed by atoms with van der Waals surface area (Å²) in [5, 5.41) is 25.5. The first kappa shape index (κ1) is 31.8. The van der Waals surface area contributed by atoms with E-state index >= 15 is 8.78 Å². The van der Waals surface area contributed by atoms with Crippen molar-refractivity contribution in [3.63, 3.8) is 0 Å². The van der Waals surface area contributed by atoms with E-state index in [0.717, 1.165) is 11.1 Å². The summed E-state index contributed by atoms with van der Waals surface area (Å²) in [6.07, 6.45) is 1.36. The van der Waals surface area contributed by atoms with E-state index in [-0.39, 0.29) is 33.9 Å². The number of aromatic nitrogens is 4. The van der Waals surface area contributed by atoms with Crippen molar-refractivity contribution in [3.05, 3.63) is 143 Å². The van der Waals surface area contributed by atoms with Gasteiger partial charge in [-0.3, -0.25) is 0 Å². The summed E-state index contributed by atoms with van der Waals surface area (Å²) in [7, 11) is 3.18. The summed E-state index contributed by atoms with van der Waals surface area (Å²) in [5.41, 5.74) is 2.52. The molecule has 0 bridgehead atoms. The maximum absolute atomic E-state index is 15.6. The molecule has 48 heavy (non-hydrogen) atoms. The fourth-order valence-corrected chi connectivity index (χ4v) is 5.42. The molecule has 6 aromatic rings. The van der Waals surface area contributed by atoms with Crippen molar-refractivity contribution in [2.45, 2.75) is 19.2 Å². The molecule has 1 N–H and O–H groups in total. The summed E-state index contributed by atoms with van der Waals surface area (Å²) < 4.78 is 42.7. The minimum atomic E-state index is -1.55. The van der Waals surface area contributed by atoms with Crippen LogP contribution in [0.3, 0.4) is 0 Å². The van der Waals surface area contributed by atoms with Gasteiger partial charge in [-0.25, -0.2) is 23.3 Å². The number of nitrogens with zero attached hydrogens (tertiary/aromatic N) is 6. The number of fused-ring (bicyclic) bond motifs is 1. The highest BCUT2D eigenvalue weighted by molar-refractivity contribution is 5.71. The first-order chi connectivity index (χ1) is 23.3. The second kappa shape index (κ2) is 13.7. The molecule has 0 saturated heterocycles. The Morgan fingerprint density at radius 1 is 0.917 bits per heavy atom. The van der Waals surface area contributed by atoms with Gasteiger partial charge in [0.1, 0.15) is 35.3 Å². The summed E-state index contributed by atoms with van der Waals surface area (Å²) in [6, 6.07) is 25.8. The van der Waals surface area contributed by atoms with Crippen LogP contribution in [0.15, 0.2) is 97.7 Å². The third kappa shape index (κ3) is 6.29. The highest BCUT2D eigenvalue weighted by Crippen LogP contribution is 2.32. The van der Waals surface area contributed by atoms with Gasteiger partial charge in [0.2, 0.25) is 0 Å². The second-order valence-electron chi connectivity index (χ2n) is 10.9. The first-order valence-corrected chi connectivity index (χ1v) is 14.9. The lowest BCUT2D eigenvalue weighted by molar-refractivity contribution is 0.204. The van der Waals surface area contributed by atoms with E-state index in [1.807, 2.05) is 59.5 Å². The van der Waals surface area contributed by atoms with Crippen LogP contribution in [0.4, 0.5) is 14.6 Å². The van der Waals surface area contributed by atoms with E-state index in [1.54, 1.807) is 26.4 Å². The Kier molecular flexibility index (Phi) is 9.09. The molecule has 0 saturated carbocycles. The molecular formula is C37H30F2N6O3. The standard InChI is InChI=1S/C37H30F2N6O3/c1-4-25-7-6-10-30(38)32(25)34(46)35-42-37-36(41-31(22-45(37)43-35)29-9-5-8-26(19-40)33(29)39)44(20-23-11-15-27(47-2)16-12-23)21-24-13-17-28(48-3)18-14-24/h4-18,22,34,46H,1,20-21H2,2-3H3. The van der Waals surface area contributed by atoms with Crippen molar-refractivity contribution in [1.29, 1.82) is 5.26 Å². The predicted octanol–water partition coefficient (Wildman–Crippen LogP) is 6.89. The Morgan fingerprint density at radius 2 is 1.54 bits per heavy atom. The van der Waals surface area contributed by atoms with Gasteiger partial charge in [-0.1, -0.05) is 55.1 Å². The molecule has 11 heteroatoms. The zero-order chi connectivity index (χ0) is 33.8. The zero-order valence-electron chi connectivity index (χ0n) is 26.1.